The minimum Gasteiger partial charge on any atom is -0.478 e. The molecule has 2 rings (SSSR count). The van der Waals surface area contributed by atoms with Crippen LogP contribution in [0.15, 0.2) is 24.3 Å². The fourth-order valence-corrected chi connectivity index (χ4v) is 2.99. The first-order valence-electron chi connectivity index (χ1n) is 8.19. The summed E-state index contributed by atoms with van der Waals surface area (Å²) in [6, 6.07) is 8.17. The quantitative estimate of drug-likeness (QED) is 0.760. The monoisotopic (exact) mass is 314 g/mol. The molecule has 2 aromatic rings. The van der Waals surface area contributed by atoms with Gasteiger partial charge in [-0.1, -0.05) is 31.0 Å². The van der Waals surface area contributed by atoms with Gasteiger partial charge >= 0.3 is 5.97 Å². The van der Waals surface area contributed by atoms with Gasteiger partial charge in [-0.05, 0) is 45.9 Å². The van der Waals surface area contributed by atoms with Crippen molar-refractivity contribution in [2.24, 2.45) is 0 Å². The van der Waals surface area contributed by atoms with Crippen molar-refractivity contribution < 1.29 is 9.90 Å². The number of rotatable bonds is 7. The molecular weight excluding hydrogens is 288 g/mol. The van der Waals surface area contributed by atoms with Gasteiger partial charge in [-0.3, -0.25) is 0 Å². The minimum absolute atomic E-state index is 0.423. The molecule has 0 saturated carbocycles. The maximum atomic E-state index is 11.7. The molecule has 0 spiro atoms. The van der Waals surface area contributed by atoms with E-state index in [4.69, 9.17) is 0 Å². The lowest BCUT2D eigenvalue weighted by atomic mass is 10.1. The van der Waals surface area contributed by atoms with Crippen LogP contribution in [0.5, 0.6) is 0 Å². The van der Waals surface area contributed by atoms with E-state index in [9.17, 15) is 9.90 Å². The maximum absolute atomic E-state index is 11.7. The number of hydrogen-bond donors (Lipinski definition) is 2. The third-order valence-corrected chi connectivity index (χ3v) is 4.29. The molecule has 23 heavy (non-hydrogen) atoms. The van der Waals surface area contributed by atoms with Gasteiger partial charge in [-0.15, -0.1) is 0 Å². The molecule has 4 nitrogen and oxygen atoms in total. The van der Waals surface area contributed by atoms with E-state index in [1.807, 2.05) is 49.6 Å². The molecule has 0 aliphatic carbocycles. The van der Waals surface area contributed by atoms with Crippen LogP contribution in [-0.2, 0) is 6.54 Å². The van der Waals surface area contributed by atoms with Crippen LogP contribution in [0.25, 0.3) is 5.69 Å². The van der Waals surface area contributed by atoms with E-state index in [0.29, 0.717) is 12.1 Å². The largest absolute Gasteiger partial charge is 0.478 e. The molecule has 0 bridgehead atoms. The first-order chi connectivity index (χ1) is 11.0. The van der Waals surface area contributed by atoms with E-state index >= 15 is 0 Å². The second kappa shape index (κ2) is 7.47. The lowest BCUT2D eigenvalue weighted by molar-refractivity contribution is 0.0695. The van der Waals surface area contributed by atoms with E-state index in [-0.39, 0.29) is 0 Å². The number of benzene rings is 1. The Morgan fingerprint density at radius 2 is 1.78 bits per heavy atom. The zero-order valence-corrected chi connectivity index (χ0v) is 14.4. The van der Waals surface area contributed by atoms with Crippen molar-refractivity contribution in [3.63, 3.8) is 0 Å². The SMILES string of the molecule is CCCCNCc1c(C(=O)O)c(C)n(-c2ccc(C)cc2)c1C. The molecule has 1 aromatic heterocycles. The lowest BCUT2D eigenvalue weighted by Crippen LogP contribution is -2.17. The Kier molecular flexibility index (Phi) is 5.61. The van der Waals surface area contributed by atoms with Gasteiger partial charge < -0.3 is 15.0 Å². The van der Waals surface area contributed by atoms with E-state index in [0.717, 1.165) is 42.0 Å². The molecule has 0 aliphatic heterocycles. The summed E-state index contributed by atoms with van der Waals surface area (Å²) in [5.41, 5.74) is 5.28. The van der Waals surface area contributed by atoms with Gasteiger partial charge in [-0.25, -0.2) is 4.79 Å². The number of nitrogens with zero attached hydrogens (tertiary/aromatic N) is 1. The van der Waals surface area contributed by atoms with Crippen molar-refractivity contribution in [3.8, 4) is 5.69 Å². The average molecular weight is 314 g/mol. The molecule has 0 fully saturated rings. The number of aryl methyl sites for hydroxylation is 1. The van der Waals surface area contributed by atoms with Gasteiger partial charge in [0, 0.05) is 29.2 Å². The fraction of sp³-hybridized carbons (Fsp3) is 0.421. The molecule has 1 aromatic carbocycles. The third kappa shape index (κ3) is 3.64. The maximum Gasteiger partial charge on any atom is 0.337 e. The van der Waals surface area contributed by atoms with Crippen LogP contribution in [0.3, 0.4) is 0 Å². The molecule has 0 radical (unpaired) electrons. The summed E-state index contributed by atoms with van der Waals surface area (Å²) >= 11 is 0. The van der Waals surface area contributed by atoms with Crippen LogP contribution in [-0.4, -0.2) is 22.2 Å². The Morgan fingerprint density at radius 3 is 2.35 bits per heavy atom. The number of nitrogens with one attached hydrogen (secondary N) is 1. The van der Waals surface area contributed by atoms with Crippen LogP contribution in [0.4, 0.5) is 0 Å². The summed E-state index contributed by atoms with van der Waals surface area (Å²) in [5, 5.41) is 13.0. The van der Waals surface area contributed by atoms with Crippen LogP contribution < -0.4 is 5.32 Å². The van der Waals surface area contributed by atoms with E-state index in [1.54, 1.807) is 0 Å². The van der Waals surface area contributed by atoms with Gasteiger partial charge in [0.25, 0.3) is 0 Å². The Balaban J connectivity index is 2.43. The van der Waals surface area contributed by atoms with Crippen molar-refractivity contribution >= 4 is 5.97 Å². The third-order valence-electron chi connectivity index (χ3n) is 4.29. The Morgan fingerprint density at radius 1 is 1.13 bits per heavy atom. The van der Waals surface area contributed by atoms with Gasteiger partial charge in [-0.2, -0.15) is 0 Å². The van der Waals surface area contributed by atoms with Crippen molar-refractivity contribution in [3.05, 3.63) is 52.3 Å². The van der Waals surface area contributed by atoms with E-state index < -0.39 is 5.97 Å². The summed E-state index contributed by atoms with van der Waals surface area (Å²) in [6.45, 7) is 9.57. The predicted molar refractivity (Wildman–Crippen MR) is 93.6 cm³/mol. The molecule has 0 unspecified atom stereocenters. The highest BCUT2D eigenvalue weighted by Crippen LogP contribution is 2.26. The molecular formula is C19H26N2O2. The normalized spacial score (nSPS) is 11.0. The van der Waals surface area contributed by atoms with Crippen LogP contribution in [0.1, 0.15) is 52.6 Å². The molecule has 4 heteroatoms. The molecule has 0 aliphatic rings. The molecule has 0 amide bonds. The summed E-state index contributed by atoms with van der Waals surface area (Å²) in [6.07, 6.45) is 2.22. The van der Waals surface area contributed by atoms with Gasteiger partial charge in [0.1, 0.15) is 0 Å². The van der Waals surface area contributed by atoms with E-state index in [1.165, 1.54) is 5.56 Å². The van der Waals surface area contributed by atoms with Crippen LogP contribution in [0.2, 0.25) is 0 Å². The van der Waals surface area contributed by atoms with Gasteiger partial charge in [0.2, 0.25) is 0 Å². The highest BCUT2D eigenvalue weighted by molar-refractivity contribution is 5.91. The highest BCUT2D eigenvalue weighted by atomic mass is 16.4. The summed E-state index contributed by atoms with van der Waals surface area (Å²) in [4.78, 5) is 11.7. The molecule has 0 saturated heterocycles. The number of aromatic carboxylic acids is 1. The molecule has 1 heterocycles. The van der Waals surface area contributed by atoms with Crippen LogP contribution in [0, 0.1) is 20.8 Å². The van der Waals surface area contributed by atoms with Crippen molar-refractivity contribution in [1.29, 1.82) is 0 Å². The van der Waals surface area contributed by atoms with Crippen molar-refractivity contribution in [2.45, 2.75) is 47.1 Å². The Hall–Kier alpha value is -2.07. The standard InChI is InChI=1S/C19H26N2O2/c1-5-6-11-20-12-17-14(3)21(15(4)18(17)19(22)23)16-9-7-13(2)8-10-16/h7-10,20H,5-6,11-12H2,1-4H3,(H,22,23). The number of aromatic nitrogens is 1. The second-order valence-electron chi connectivity index (χ2n) is 6.03. The highest BCUT2D eigenvalue weighted by Gasteiger charge is 2.22. The zero-order valence-electron chi connectivity index (χ0n) is 14.4. The van der Waals surface area contributed by atoms with Gasteiger partial charge in [0.15, 0.2) is 0 Å². The Labute approximate surface area is 138 Å². The van der Waals surface area contributed by atoms with Crippen molar-refractivity contribution in [2.75, 3.05) is 6.54 Å². The average Bonchev–Trinajstić information content (AvgIpc) is 2.76. The summed E-state index contributed by atoms with van der Waals surface area (Å²) in [7, 11) is 0. The number of carbonyl (C=O) groups is 1. The first-order valence-corrected chi connectivity index (χ1v) is 8.19. The number of carboxylic acid groups (broad SMARTS) is 1. The van der Waals surface area contributed by atoms with Crippen LogP contribution >= 0.6 is 0 Å². The van der Waals surface area contributed by atoms with E-state index in [2.05, 4.69) is 12.2 Å². The Bertz CT molecular complexity index is 684. The predicted octanol–water partition coefficient (Wildman–Crippen LogP) is 3.99. The lowest BCUT2D eigenvalue weighted by Gasteiger charge is -2.10. The number of hydrogen-bond acceptors (Lipinski definition) is 2. The molecule has 124 valence electrons. The number of unbranched alkanes of at least 4 members (excludes halogenated alkanes) is 1. The summed E-state index contributed by atoms with van der Waals surface area (Å²) in [5.74, 6) is -0.858. The fourth-order valence-electron chi connectivity index (χ4n) is 2.99. The second-order valence-corrected chi connectivity index (χ2v) is 6.03. The van der Waals surface area contributed by atoms with Gasteiger partial charge in [0.05, 0.1) is 5.56 Å². The topological polar surface area (TPSA) is 54.3 Å². The molecule has 2 N–H and O–H groups in total. The molecule has 0 atom stereocenters. The first kappa shape index (κ1) is 17.3. The minimum atomic E-state index is -0.858. The number of carboxylic acids is 1. The zero-order chi connectivity index (χ0) is 17.0. The van der Waals surface area contributed by atoms with Crippen molar-refractivity contribution in [1.82, 2.24) is 9.88 Å². The smallest absolute Gasteiger partial charge is 0.337 e. The summed E-state index contributed by atoms with van der Waals surface area (Å²) < 4.78 is 2.04.